The molecule has 4 heteroatoms. The van der Waals surface area contributed by atoms with Crippen molar-refractivity contribution in [2.45, 2.75) is 23.5 Å². The molecule has 0 amide bonds. The smallest absolute Gasteiger partial charge is 0.310 e. The van der Waals surface area contributed by atoms with Crippen LogP contribution in [-0.2, 0) is 10.5 Å². The first-order chi connectivity index (χ1) is 9.56. The lowest BCUT2D eigenvalue weighted by Gasteiger charge is -2.08. The summed E-state index contributed by atoms with van der Waals surface area (Å²) < 4.78 is 12.8. The normalized spacial score (nSPS) is 12.1. The summed E-state index contributed by atoms with van der Waals surface area (Å²) >= 11 is 1.62. The lowest BCUT2D eigenvalue weighted by atomic mass is 10.0. The van der Waals surface area contributed by atoms with Gasteiger partial charge in [0, 0.05) is 10.6 Å². The van der Waals surface area contributed by atoms with Crippen LogP contribution in [0.4, 0.5) is 4.39 Å². The Morgan fingerprint density at radius 1 is 1.15 bits per heavy atom. The van der Waals surface area contributed by atoms with E-state index in [1.54, 1.807) is 30.8 Å². The third-order valence-electron chi connectivity index (χ3n) is 3.07. The molecule has 0 bridgehead atoms. The molecule has 1 atom stereocenters. The molecule has 20 heavy (non-hydrogen) atoms. The van der Waals surface area contributed by atoms with Crippen LogP contribution < -0.4 is 0 Å². The molecule has 0 fully saturated rings. The van der Waals surface area contributed by atoms with Crippen molar-refractivity contribution >= 4 is 17.7 Å². The molecule has 1 unspecified atom stereocenters. The quantitative estimate of drug-likeness (QED) is 0.834. The first kappa shape index (κ1) is 14.6. The number of thioether (sulfide) groups is 1. The van der Waals surface area contributed by atoms with E-state index in [1.807, 2.05) is 24.3 Å². The van der Waals surface area contributed by atoms with Crippen LogP contribution in [0.25, 0.3) is 0 Å². The van der Waals surface area contributed by atoms with Gasteiger partial charge in [-0.3, -0.25) is 4.79 Å². The van der Waals surface area contributed by atoms with E-state index in [9.17, 15) is 9.18 Å². The number of hydrogen-bond acceptors (Lipinski definition) is 2. The van der Waals surface area contributed by atoms with Gasteiger partial charge in [-0.2, -0.15) is 0 Å². The predicted molar refractivity (Wildman–Crippen MR) is 78.5 cm³/mol. The van der Waals surface area contributed by atoms with Crippen molar-refractivity contribution in [2.75, 3.05) is 0 Å². The van der Waals surface area contributed by atoms with Crippen molar-refractivity contribution in [3.05, 3.63) is 65.5 Å². The first-order valence-electron chi connectivity index (χ1n) is 6.26. The SMILES string of the molecule is CC(C(=O)O)c1ccc(CSc2ccc(F)cc2)cc1. The molecule has 0 aliphatic carbocycles. The third kappa shape index (κ3) is 3.84. The van der Waals surface area contributed by atoms with Crippen LogP contribution in [-0.4, -0.2) is 11.1 Å². The Morgan fingerprint density at radius 2 is 1.75 bits per heavy atom. The highest BCUT2D eigenvalue weighted by atomic mass is 32.2. The number of hydrogen-bond donors (Lipinski definition) is 1. The van der Waals surface area contributed by atoms with Crippen molar-refractivity contribution in [1.29, 1.82) is 0 Å². The van der Waals surface area contributed by atoms with Crippen LogP contribution in [0.1, 0.15) is 24.0 Å². The van der Waals surface area contributed by atoms with Crippen molar-refractivity contribution in [3.63, 3.8) is 0 Å². The van der Waals surface area contributed by atoms with Gasteiger partial charge in [-0.15, -0.1) is 11.8 Å². The van der Waals surface area contributed by atoms with E-state index in [0.717, 1.165) is 21.8 Å². The molecule has 2 nitrogen and oxygen atoms in total. The lowest BCUT2D eigenvalue weighted by molar-refractivity contribution is -0.138. The molecule has 0 spiro atoms. The predicted octanol–water partition coefficient (Wildman–Crippen LogP) is 4.31. The molecule has 104 valence electrons. The standard InChI is InChI=1S/C16H15FO2S/c1-11(16(18)19)13-4-2-12(3-5-13)10-20-15-8-6-14(17)7-9-15/h2-9,11H,10H2,1H3,(H,18,19). The van der Waals surface area contributed by atoms with E-state index in [4.69, 9.17) is 5.11 Å². The summed E-state index contributed by atoms with van der Waals surface area (Å²) in [6.07, 6.45) is 0. The summed E-state index contributed by atoms with van der Waals surface area (Å²) in [5, 5.41) is 8.94. The maximum absolute atomic E-state index is 12.8. The van der Waals surface area contributed by atoms with Crippen molar-refractivity contribution < 1.29 is 14.3 Å². The second-order valence-corrected chi connectivity index (χ2v) is 5.59. The van der Waals surface area contributed by atoms with Gasteiger partial charge in [0.2, 0.25) is 0 Å². The second-order valence-electron chi connectivity index (χ2n) is 4.54. The van der Waals surface area contributed by atoms with Gasteiger partial charge in [-0.05, 0) is 42.3 Å². The summed E-state index contributed by atoms with van der Waals surface area (Å²) in [5.41, 5.74) is 1.91. The Bertz CT molecular complexity index is 578. The zero-order valence-electron chi connectivity index (χ0n) is 11.0. The molecule has 0 saturated heterocycles. The van der Waals surface area contributed by atoms with E-state index in [1.165, 1.54) is 12.1 Å². The lowest BCUT2D eigenvalue weighted by Crippen LogP contribution is -2.07. The van der Waals surface area contributed by atoms with Crippen molar-refractivity contribution in [2.24, 2.45) is 0 Å². The minimum atomic E-state index is -0.821. The summed E-state index contributed by atoms with van der Waals surface area (Å²) in [6.45, 7) is 1.67. The molecule has 0 saturated carbocycles. The minimum Gasteiger partial charge on any atom is -0.481 e. The van der Waals surface area contributed by atoms with Crippen molar-refractivity contribution in [1.82, 2.24) is 0 Å². The molecule has 2 aromatic rings. The van der Waals surface area contributed by atoms with E-state index in [2.05, 4.69) is 0 Å². The average Bonchev–Trinajstić information content (AvgIpc) is 2.46. The third-order valence-corrected chi connectivity index (χ3v) is 4.15. The Balaban J connectivity index is 1.97. The van der Waals surface area contributed by atoms with Crippen LogP contribution >= 0.6 is 11.8 Å². The van der Waals surface area contributed by atoms with Crippen LogP contribution in [0, 0.1) is 5.82 Å². The van der Waals surface area contributed by atoms with Gasteiger partial charge in [-0.25, -0.2) is 4.39 Å². The summed E-state index contributed by atoms with van der Waals surface area (Å²) in [5.74, 6) is -0.776. The Labute approximate surface area is 121 Å². The summed E-state index contributed by atoms with van der Waals surface area (Å²) in [6, 6.07) is 14.0. The number of carboxylic acid groups (broad SMARTS) is 1. The zero-order chi connectivity index (χ0) is 14.5. The van der Waals surface area contributed by atoms with E-state index in [-0.39, 0.29) is 5.82 Å². The average molecular weight is 290 g/mol. The van der Waals surface area contributed by atoms with Gasteiger partial charge in [0.25, 0.3) is 0 Å². The minimum absolute atomic E-state index is 0.235. The number of rotatable bonds is 5. The molecule has 0 radical (unpaired) electrons. The topological polar surface area (TPSA) is 37.3 Å². The molecule has 2 aromatic carbocycles. The van der Waals surface area contributed by atoms with Gasteiger partial charge in [0.15, 0.2) is 0 Å². The number of benzene rings is 2. The molecule has 0 aliphatic rings. The largest absolute Gasteiger partial charge is 0.481 e. The summed E-state index contributed by atoms with van der Waals surface area (Å²) in [4.78, 5) is 11.9. The Kier molecular flexibility index (Phi) is 4.79. The van der Waals surface area contributed by atoms with Crippen LogP contribution in [0.2, 0.25) is 0 Å². The highest BCUT2D eigenvalue weighted by Crippen LogP contribution is 2.24. The van der Waals surface area contributed by atoms with Crippen LogP contribution in [0.5, 0.6) is 0 Å². The fourth-order valence-corrected chi connectivity index (χ4v) is 2.60. The summed E-state index contributed by atoms with van der Waals surface area (Å²) in [7, 11) is 0. The Morgan fingerprint density at radius 3 is 2.30 bits per heavy atom. The highest BCUT2D eigenvalue weighted by Gasteiger charge is 2.12. The maximum atomic E-state index is 12.8. The van der Waals surface area contributed by atoms with Gasteiger partial charge >= 0.3 is 5.97 Å². The Hall–Kier alpha value is -1.81. The first-order valence-corrected chi connectivity index (χ1v) is 7.25. The van der Waals surface area contributed by atoms with Gasteiger partial charge < -0.3 is 5.11 Å². The number of carboxylic acids is 1. The fraction of sp³-hybridized carbons (Fsp3) is 0.188. The molecule has 1 N–H and O–H groups in total. The van der Waals surface area contributed by atoms with Crippen molar-refractivity contribution in [3.8, 4) is 0 Å². The van der Waals surface area contributed by atoms with E-state index < -0.39 is 11.9 Å². The monoisotopic (exact) mass is 290 g/mol. The van der Waals surface area contributed by atoms with Crippen LogP contribution in [0.15, 0.2) is 53.4 Å². The van der Waals surface area contributed by atoms with E-state index in [0.29, 0.717) is 0 Å². The molecular formula is C16H15FO2S. The van der Waals surface area contributed by atoms with Gasteiger partial charge in [-0.1, -0.05) is 24.3 Å². The molecule has 0 aliphatic heterocycles. The van der Waals surface area contributed by atoms with E-state index >= 15 is 0 Å². The van der Waals surface area contributed by atoms with Gasteiger partial charge in [0.05, 0.1) is 5.92 Å². The molecule has 0 aromatic heterocycles. The van der Waals surface area contributed by atoms with Gasteiger partial charge in [0.1, 0.15) is 5.82 Å². The fourth-order valence-electron chi connectivity index (χ4n) is 1.74. The maximum Gasteiger partial charge on any atom is 0.310 e. The molecule has 2 rings (SSSR count). The highest BCUT2D eigenvalue weighted by molar-refractivity contribution is 7.98. The zero-order valence-corrected chi connectivity index (χ0v) is 11.9. The molecule has 0 heterocycles. The number of halogens is 1. The second kappa shape index (κ2) is 6.57. The number of carbonyl (C=O) groups is 1. The number of aliphatic carboxylic acids is 1. The molecular weight excluding hydrogens is 275 g/mol. The van der Waals surface area contributed by atoms with Crippen LogP contribution in [0.3, 0.4) is 0 Å².